The summed E-state index contributed by atoms with van der Waals surface area (Å²) in [4.78, 5) is 0. The summed E-state index contributed by atoms with van der Waals surface area (Å²) in [6.07, 6.45) is 2.34. The number of aliphatic hydroxyl groups excluding tert-OH is 1. The van der Waals surface area contributed by atoms with Crippen molar-refractivity contribution in [2.75, 3.05) is 18.6 Å². The van der Waals surface area contributed by atoms with Gasteiger partial charge in [0.1, 0.15) is 5.75 Å². The molecule has 0 spiro atoms. The van der Waals surface area contributed by atoms with Crippen LogP contribution in [0.4, 0.5) is 0 Å². The molecular formula is C12H18O2S. The minimum absolute atomic E-state index is 0.421. The lowest BCUT2D eigenvalue weighted by atomic mass is 10.1. The minimum atomic E-state index is -0.421. The Morgan fingerprint density at radius 1 is 1.40 bits per heavy atom. The summed E-state index contributed by atoms with van der Waals surface area (Å²) in [6.45, 7) is 2.65. The van der Waals surface area contributed by atoms with Crippen LogP contribution >= 0.6 is 11.8 Å². The molecular weight excluding hydrogens is 208 g/mol. The van der Waals surface area contributed by atoms with Crippen molar-refractivity contribution in [2.24, 2.45) is 0 Å². The van der Waals surface area contributed by atoms with Crippen LogP contribution in [0.1, 0.15) is 25.0 Å². The van der Waals surface area contributed by atoms with Crippen LogP contribution in [-0.4, -0.2) is 23.7 Å². The summed E-state index contributed by atoms with van der Waals surface area (Å²) in [5, 5.41) is 9.78. The number of benzene rings is 1. The Balaban J connectivity index is 2.68. The summed E-state index contributed by atoms with van der Waals surface area (Å²) >= 11 is 1.75. The van der Waals surface area contributed by atoms with Gasteiger partial charge in [-0.1, -0.05) is 25.1 Å². The van der Waals surface area contributed by atoms with Gasteiger partial charge in [-0.3, -0.25) is 0 Å². The number of rotatable bonds is 6. The van der Waals surface area contributed by atoms with E-state index in [2.05, 4.69) is 6.26 Å². The Morgan fingerprint density at radius 3 is 2.80 bits per heavy atom. The van der Waals surface area contributed by atoms with Gasteiger partial charge < -0.3 is 9.84 Å². The SMILES string of the molecule is CC[C@@H](O)c1ccccc1OCCSC. The second kappa shape index (κ2) is 6.75. The quantitative estimate of drug-likeness (QED) is 0.756. The number of aliphatic hydroxyl groups is 1. The van der Waals surface area contributed by atoms with Crippen molar-refractivity contribution in [3.63, 3.8) is 0 Å². The van der Waals surface area contributed by atoms with E-state index in [9.17, 15) is 5.11 Å². The average molecular weight is 226 g/mol. The van der Waals surface area contributed by atoms with Gasteiger partial charge >= 0.3 is 0 Å². The van der Waals surface area contributed by atoms with E-state index in [4.69, 9.17) is 4.74 Å². The van der Waals surface area contributed by atoms with E-state index in [1.54, 1.807) is 11.8 Å². The number of hydrogen-bond donors (Lipinski definition) is 1. The van der Waals surface area contributed by atoms with Crippen molar-refractivity contribution in [1.82, 2.24) is 0 Å². The third-order valence-corrected chi connectivity index (χ3v) is 2.78. The van der Waals surface area contributed by atoms with E-state index in [1.165, 1.54) is 0 Å². The molecule has 0 bridgehead atoms. The molecule has 0 saturated heterocycles. The van der Waals surface area contributed by atoms with Gasteiger partial charge in [-0.15, -0.1) is 0 Å². The minimum Gasteiger partial charge on any atom is -0.492 e. The third-order valence-electron chi connectivity index (χ3n) is 2.21. The van der Waals surface area contributed by atoms with E-state index in [1.807, 2.05) is 31.2 Å². The molecule has 0 aromatic heterocycles. The first-order chi connectivity index (χ1) is 7.29. The van der Waals surface area contributed by atoms with E-state index in [0.717, 1.165) is 17.1 Å². The van der Waals surface area contributed by atoms with Crippen molar-refractivity contribution < 1.29 is 9.84 Å². The van der Waals surface area contributed by atoms with Crippen LogP contribution in [0, 0.1) is 0 Å². The van der Waals surface area contributed by atoms with Crippen LogP contribution in [0.5, 0.6) is 5.75 Å². The van der Waals surface area contributed by atoms with Crippen molar-refractivity contribution in [3.05, 3.63) is 29.8 Å². The fourth-order valence-corrected chi connectivity index (χ4v) is 1.59. The average Bonchev–Trinajstić information content (AvgIpc) is 2.29. The second-order valence-electron chi connectivity index (χ2n) is 3.30. The van der Waals surface area contributed by atoms with Crippen LogP contribution in [0.2, 0.25) is 0 Å². The predicted octanol–water partition coefficient (Wildman–Crippen LogP) is 2.87. The molecule has 1 rings (SSSR count). The largest absolute Gasteiger partial charge is 0.492 e. The standard InChI is InChI=1S/C12H18O2S/c1-3-11(13)10-6-4-5-7-12(10)14-8-9-15-2/h4-7,11,13H,3,8-9H2,1-2H3/t11-/m1/s1. The summed E-state index contributed by atoms with van der Waals surface area (Å²) in [5.74, 6) is 1.78. The molecule has 15 heavy (non-hydrogen) atoms. The number of hydrogen-bond acceptors (Lipinski definition) is 3. The second-order valence-corrected chi connectivity index (χ2v) is 4.29. The first-order valence-electron chi connectivity index (χ1n) is 5.18. The molecule has 0 saturated carbocycles. The van der Waals surface area contributed by atoms with E-state index >= 15 is 0 Å². The van der Waals surface area contributed by atoms with Gasteiger partial charge in [0.2, 0.25) is 0 Å². The smallest absolute Gasteiger partial charge is 0.125 e. The molecule has 1 atom stereocenters. The number of para-hydroxylation sites is 1. The van der Waals surface area contributed by atoms with Crippen LogP contribution in [0.3, 0.4) is 0 Å². The van der Waals surface area contributed by atoms with Crippen LogP contribution in [-0.2, 0) is 0 Å². The van der Waals surface area contributed by atoms with E-state index < -0.39 is 6.10 Å². The van der Waals surface area contributed by atoms with Crippen molar-refractivity contribution in [1.29, 1.82) is 0 Å². The van der Waals surface area contributed by atoms with Gasteiger partial charge in [0.15, 0.2) is 0 Å². The van der Waals surface area contributed by atoms with Crippen molar-refractivity contribution in [3.8, 4) is 5.75 Å². The van der Waals surface area contributed by atoms with Gasteiger partial charge in [-0.25, -0.2) is 0 Å². The third kappa shape index (κ3) is 3.76. The molecule has 0 aliphatic carbocycles. The summed E-state index contributed by atoms with van der Waals surface area (Å²) in [5.41, 5.74) is 0.890. The molecule has 2 nitrogen and oxygen atoms in total. The van der Waals surface area contributed by atoms with Crippen LogP contribution in [0.15, 0.2) is 24.3 Å². The lowest BCUT2D eigenvalue weighted by Crippen LogP contribution is -2.04. The molecule has 84 valence electrons. The summed E-state index contributed by atoms with van der Waals surface area (Å²) in [6, 6.07) is 7.69. The van der Waals surface area contributed by atoms with Crippen LogP contribution in [0.25, 0.3) is 0 Å². The zero-order valence-electron chi connectivity index (χ0n) is 9.27. The van der Waals surface area contributed by atoms with Gasteiger partial charge in [0, 0.05) is 11.3 Å². The highest BCUT2D eigenvalue weighted by Gasteiger charge is 2.10. The molecule has 0 fully saturated rings. The fraction of sp³-hybridized carbons (Fsp3) is 0.500. The van der Waals surface area contributed by atoms with E-state index in [0.29, 0.717) is 13.0 Å². The molecule has 0 aliphatic rings. The molecule has 0 amide bonds. The Hall–Kier alpha value is -0.670. The first kappa shape index (κ1) is 12.4. The topological polar surface area (TPSA) is 29.5 Å². The fourth-order valence-electron chi connectivity index (χ4n) is 1.34. The first-order valence-corrected chi connectivity index (χ1v) is 6.57. The molecule has 1 aromatic rings. The Labute approximate surface area is 95.7 Å². The number of ether oxygens (including phenoxy) is 1. The highest BCUT2D eigenvalue weighted by atomic mass is 32.2. The van der Waals surface area contributed by atoms with Gasteiger partial charge in [0.05, 0.1) is 12.7 Å². The maximum atomic E-state index is 9.78. The maximum Gasteiger partial charge on any atom is 0.125 e. The highest BCUT2D eigenvalue weighted by Crippen LogP contribution is 2.26. The molecule has 0 unspecified atom stereocenters. The maximum absolute atomic E-state index is 9.78. The molecule has 1 aromatic carbocycles. The van der Waals surface area contributed by atoms with Crippen LogP contribution < -0.4 is 4.74 Å². The molecule has 0 radical (unpaired) electrons. The lowest BCUT2D eigenvalue weighted by Gasteiger charge is -2.14. The zero-order chi connectivity index (χ0) is 11.1. The predicted molar refractivity (Wildman–Crippen MR) is 65.6 cm³/mol. The molecule has 3 heteroatoms. The normalized spacial score (nSPS) is 12.5. The van der Waals surface area contributed by atoms with Gasteiger partial charge in [-0.2, -0.15) is 11.8 Å². The monoisotopic (exact) mass is 226 g/mol. The van der Waals surface area contributed by atoms with E-state index in [-0.39, 0.29) is 0 Å². The molecule has 1 N–H and O–H groups in total. The van der Waals surface area contributed by atoms with Crippen molar-refractivity contribution in [2.45, 2.75) is 19.4 Å². The molecule has 0 heterocycles. The zero-order valence-corrected chi connectivity index (χ0v) is 10.1. The molecule has 0 aliphatic heterocycles. The van der Waals surface area contributed by atoms with Crippen molar-refractivity contribution >= 4 is 11.8 Å². The summed E-state index contributed by atoms with van der Waals surface area (Å²) < 4.78 is 5.62. The lowest BCUT2D eigenvalue weighted by molar-refractivity contribution is 0.168. The Bertz CT molecular complexity index is 289. The number of thioether (sulfide) groups is 1. The Morgan fingerprint density at radius 2 is 2.13 bits per heavy atom. The Kier molecular flexibility index (Phi) is 5.58. The highest BCUT2D eigenvalue weighted by molar-refractivity contribution is 7.98. The van der Waals surface area contributed by atoms with Gasteiger partial charge in [-0.05, 0) is 18.7 Å². The van der Waals surface area contributed by atoms with Gasteiger partial charge in [0.25, 0.3) is 0 Å². The summed E-state index contributed by atoms with van der Waals surface area (Å²) in [7, 11) is 0.